The Bertz CT molecular complexity index is 505. The number of aromatic amines is 1. The number of hydrogen-bond donors (Lipinski definition) is 2. The smallest absolute Gasteiger partial charge is 0.166 e. The zero-order valence-electron chi connectivity index (χ0n) is 12.3. The predicted octanol–water partition coefficient (Wildman–Crippen LogP) is 2.20. The minimum absolute atomic E-state index is 1.05. The lowest BCUT2D eigenvalue weighted by Gasteiger charge is -2.13. The molecule has 0 aliphatic carbocycles. The molecule has 2 N–H and O–H groups in total. The summed E-state index contributed by atoms with van der Waals surface area (Å²) >= 11 is 1.83. The molecule has 0 radical (unpaired) electrons. The third-order valence-corrected chi connectivity index (χ3v) is 4.65. The van der Waals surface area contributed by atoms with Crippen LogP contribution < -0.4 is 4.90 Å². The van der Waals surface area contributed by atoms with Crippen LogP contribution in [0.3, 0.4) is 0 Å². The number of hydrogen-bond acceptors (Lipinski definition) is 2. The van der Waals surface area contributed by atoms with Gasteiger partial charge in [0.25, 0.3) is 0 Å². The number of aromatic nitrogens is 2. The normalized spacial score (nSPS) is 11.6. The van der Waals surface area contributed by atoms with Crippen LogP contribution in [0.25, 0.3) is 11.0 Å². The zero-order chi connectivity index (χ0) is 13.8. The van der Waals surface area contributed by atoms with Crippen LogP contribution in [0.1, 0.15) is 25.0 Å². The summed E-state index contributed by atoms with van der Waals surface area (Å²) in [6.07, 6.45) is 0. The number of benzene rings is 1. The van der Waals surface area contributed by atoms with E-state index in [-0.39, 0.29) is 0 Å². The monoisotopic (exact) mass is 278 g/mol. The SMILES string of the molecule is CC[NH+](CC)CCSc1nc2cc(C)c(C)cc2[nH]1. The van der Waals surface area contributed by atoms with Crippen LogP contribution >= 0.6 is 11.8 Å². The van der Waals surface area contributed by atoms with Crippen LogP contribution in [0.4, 0.5) is 0 Å². The van der Waals surface area contributed by atoms with Gasteiger partial charge in [0, 0.05) is 0 Å². The van der Waals surface area contributed by atoms with Crippen molar-refractivity contribution in [3.05, 3.63) is 23.3 Å². The standard InChI is InChI=1S/C15H23N3S/c1-5-18(6-2)7-8-19-15-16-13-9-11(3)12(4)10-14(13)17-15/h9-10H,5-8H2,1-4H3,(H,16,17)/p+1. The Labute approximate surface area is 119 Å². The molecule has 0 atom stereocenters. The lowest BCUT2D eigenvalue weighted by Crippen LogP contribution is -3.11. The molecule has 104 valence electrons. The summed E-state index contributed by atoms with van der Waals surface area (Å²) in [7, 11) is 0. The number of nitrogens with zero attached hydrogens (tertiary/aromatic N) is 1. The second-order valence-corrected chi connectivity index (χ2v) is 6.13. The number of thioether (sulfide) groups is 1. The molecule has 1 aromatic carbocycles. The minimum Gasteiger partial charge on any atom is -0.335 e. The van der Waals surface area contributed by atoms with E-state index in [9.17, 15) is 0 Å². The molecule has 2 aromatic rings. The highest BCUT2D eigenvalue weighted by Crippen LogP contribution is 2.21. The van der Waals surface area contributed by atoms with Crippen LogP contribution in [0.15, 0.2) is 17.3 Å². The van der Waals surface area contributed by atoms with Gasteiger partial charge in [-0.2, -0.15) is 0 Å². The summed E-state index contributed by atoms with van der Waals surface area (Å²) < 4.78 is 0. The number of fused-ring (bicyclic) bond motifs is 1. The van der Waals surface area contributed by atoms with E-state index in [2.05, 4.69) is 49.8 Å². The first-order valence-corrected chi connectivity index (χ1v) is 8.06. The molecule has 0 bridgehead atoms. The zero-order valence-corrected chi connectivity index (χ0v) is 13.2. The molecule has 0 aliphatic heterocycles. The van der Waals surface area contributed by atoms with Gasteiger partial charge in [0.05, 0.1) is 36.4 Å². The summed E-state index contributed by atoms with van der Waals surface area (Å²) in [4.78, 5) is 9.73. The molecule has 4 heteroatoms. The molecule has 2 rings (SSSR count). The first kappa shape index (κ1) is 14.4. The second kappa shape index (κ2) is 6.44. The van der Waals surface area contributed by atoms with Gasteiger partial charge in [-0.15, -0.1) is 0 Å². The maximum Gasteiger partial charge on any atom is 0.166 e. The van der Waals surface area contributed by atoms with Crippen molar-refractivity contribution in [2.75, 3.05) is 25.4 Å². The fraction of sp³-hybridized carbons (Fsp3) is 0.533. The maximum atomic E-state index is 4.66. The van der Waals surface area contributed by atoms with Gasteiger partial charge < -0.3 is 9.88 Å². The van der Waals surface area contributed by atoms with Crippen molar-refractivity contribution in [3.63, 3.8) is 0 Å². The Morgan fingerprint density at radius 1 is 1.16 bits per heavy atom. The summed E-state index contributed by atoms with van der Waals surface area (Å²) in [5.74, 6) is 1.12. The first-order chi connectivity index (χ1) is 9.13. The van der Waals surface area contributed by atoms with Crippen molar-refractivity contribution in [2.24, 2.45) is 0 Å². The fourth-order valence-electron chi connectivity index (χ4n) is 2.21. The Morgan fingerprint density at radius 3 is 2.53 bits per heavy atom. The van der Waals surface area contributed by atoms with E-state index in [1.807, 2.05) is 11.8 Å². The van der Waals surface area contributed by atoms with Crippen LogP contribution in [-0.4, -0.2) is 35.4 Å². The van der Waals surface area contributed by atoms with Crippen LogP contribution in [0.5, 0.6) is 0 Å². The highest BCUT2D eigenvalue weighted by Gasteiger charge is 2.07. The Morgan fingerprint density at radius 2 is 1.84 bits per heavy atom. The molecule has 3 nitrogen and oxygen atoms in total. The molecule has 0 saturated heterocycles. The molecular weight excluding hydrogens is 254 g/mol. The van der Waals surface area contributed by atoms with Crippen LogP contribution in [0, 0.1) is 13.8 Å². The molecule has 0 fully saturated rings. The second-order valence-electron chi connectivity index (χ2n) is 5.05. The van der Waals surface area contributed by atoms with E-state index in [4.69, 9.17) is 0 Å². The van der Waals surface area contributed by atoms with Crippen molar-refractivity contribution < 1.29 is 4.90 Å². The average molecular weight is 278 g/mol. The van der Waals surface area contributed by atoms with Gasteiger partial charge in [0.2, 0.25) is 0 Å². The number of nitrogens with one attached hydrogen (secondary N) is 2. The molecule has 1 heterocycles. The van der Waals surface area contributed by atoms with Crippen molar-refractivity contribution >= 4 is 22.8 Å². The molecular formula is C15H24N3S+. The molecule has 0 aliphatic rings. The Hall–Kier alpha value is -1.00. The van der Waals surface area contributed by atoms with Crippen LogP contribution in [-0.2, 0) is 0 Å². The van der Waals surface area contributed by atoms with Crippen molar-refractivity contribution in [1.29, 1.82) is 0 Å². The minimum atomic E-state index is 1.05. The van der Waals surface area contributed by atoms with Gasteiger partial charge in [0.15, 0.2) is 5.16 Å². The van der Waals surface area contributed by atoms with E-state index >= 15 is 0 Å². The van der Waals surface area contributed by atoms with Gasteiger partial charge in [-0.1, -0.05) is 11.8 Å². The van der Waals surface area contributed by atoms with Gasteiger partial charge in [-0.05, 0) is 51.0 Å². The summed E-state index contributed by atoms with van der Waals surface area (Å²) in [6.45, 7) is 12.4. The quantitative estimate of drug-likeness (QED) is 0.794. The van der Waals surface area contributed by atoms with Crippen LogP contribution in [0.2, 0.25) is 0 Å². The third-order valence-electron chi connectivity index (χ3n) is 3.77. The summed E-state index contributed by atoms with van der Waals surface area (Å²) in [6, 6.07) is 4.36. The number of quaternary nitrogens is 1. The van der Waals surface area contributed by atoms with Gasteiger partial charge in [0.1, 0.15) is 0 Å². The largest absolute Gasteiger partial charge is 0.335 e. The molecule has 0 spiro atoms. The Balaban J connectivity index is 2.02. The molecule has 1 aromatic heterocycles. The fourth-order valence-corrected chi connectivity index (χ4v) is 3.14. The van der Waals surface area contributed by atoms with Gasteiger partial charge in [-0.25, -0.2) is 4.98 Å². The van der Waals surface area contributed by atoms with E-state index < -0.39 is 0 Å². The molecule has 19 heavy (non-hydrogen) atoms. The summed E-state index contributed by atoms with van der Waals surface area (Å²) in [5, 5.41) is 1.05. The predicted molar refractivity (Wildman–Crippen MR) is 83.2 cm³/mol. The van der Waals surface area contributed by atoms with E-state index in [1.54, 1.807) is 4.90 Å². The van der Waals surface area contributed by atoms with Crippen molar-refractivity contribution in [1.82, 2.24) is 9.97 Å². The van der Waals surface area contributed by atoms with E-state index in [0.29, 0.717) is 0 Å². The lowest BCUT2D eigenvalue weighted by atomic mass is 10.1. The van der Waals surface area contributed by atoms with E-state index in [0.717, 1.165) is 21.9 Å². The van der Waals surface area contributed by atoms with Crippen molar-refractivity contribution in [2.45, 2.75) is 32.9 Å². The van der Waals surface area contributed by atoms with Gasteiger partial charge in [-0.3, -0.25) is 0 Å². The number of rotatable bonds is 6. The van der Waals surface area contributed by atoms with Crippen molar-refractivity contribution in [3.8, 4) is 0 Å². The average Bonchev–Trinajstić information content (AvgIpc) is 2.77. The number of H-pyrrole nitrogens is 1. The molecule has 0 saturated carbocycles. The highest BCUT2D eigenvalue weighted by molar-refractivity contribution is 7.99. The maximum absolute atomic E-state index is 4.66. The number of imidazole rings is 1. The summed E-state index contributed by atoms with van der Waals surface area (Å²) in [5.41, 5.74) is 4.87. The van der Waals surface area contributed by atoms with Gasteiger partial charge >= 0.3 is 0 Å². The topological polar surface area (TPSA) is 33.1 Å². The highest BCUT2D eigenvalue weighted by atomic mass is 32.2. The number of aryl methyl sites for hydroxylation is 2. The molecule has 0 amide bonds. The Kier molecular flexibility index (Phi) is 4.88. The first-order valence-electron chi connectivity index (χ1n) is 7.07. The molecule has 0 unspecified atom stereocenters. The lowest BCUT2D eigenvalue weighted by molar-refractivity contribution is -0.893. The third kappa shape index (κ3) is 3.51. The van der Waals surface area contributed by atoms with E-state index in [1.165, 1.54) is 30.8 Å².